The van der Waals surface area contributed by atoms with Gasteiger partial charge in [0.1, 0.15) is 5.82 Å². The molecule has 0 aliphatic carbocycles. The molecule has 1 heterocycles. The number of halogens is 1. The maximum absolute atomic E-state index is 13.9. The van der Waals surface area contributed by atoms with Gasteiger partial charge in [-0.2, -0.15) is 0 Å². The lowest BCUT2D eigenvalue weighted by Gasteiger charge is -2.29. The zero-order valence-electron chi connectivity index (χ0n) is 12.4. The summed E-state index contributed by atoms with van der Waals surface area (Å²) in [5.41, 5.74) is 3.71. The molecule has 0 amide bonds. The maximum atomic E-state index is 13.9. The molecule has 0 bridgehead atoms. The van der Waals surface area contributed by atoms with Gasteiger partial charge in [-0.05, 0) is 48.8 Å². The van der Waals surface area contributed by atoms with Gasteiger partial charge in [0.05, 0.1) is 0 Å². The van der Waals surface area contributed by atoms with Crippen molar-refractivity contribution in [1.82, 2.24) is 5.32 Å². The Morgan fingerprint density at radius 2 is 2.00 bits per heavy atom. The Morgan fingerprint density at radius 1 is 1.19 bits per heavy atom. The number of hydrogen-bond acceptors (Lipinski definition) is 2. The summed E-state index contributed by atoms with van der Waals surface area (Å²) in [4.78, 5) is 0.818. The molecule has 2 aromatic rings. The molecule has 3 heteroatoms. The third-order valence-electron chi connectivity index (χ3n) is 4.13. The van der Waals surface area contributed by atoms with E-state index in [9.17, 15) is 4.39 Å². The molecule has 3 rings (SSSR count). The molecule has 2 aromatic carbocycles. The fourth-order valence-corrected chi connectivity index (χ4v) is 4.16. The second-order valence-corrected chi connectivity index (χ2v) is 6.70. The predicted octanol–water partition coefficient (Wildman–Crippen LogP) is 5.02. The quantitative estimate of drug-likeness (QED) is 0.854. The Kier molecular flexibility index (Phi) is 4.32. The van der Waals surface area contributed by atoms with Crippen molar-refractivity contribution in [1.29, 1.82) is 0 Å². The van der Waals surface area contributed by atoms with Crippen LogP contribution in [0.2, 0.25) is 0 Å². The van der Waals surface area contributed by atoms with Gasteiger partial charge in [-0.1, -0.05) is 36.4 Å². The molecule has 1 aliphatic rings. The van der Waals surface area contributed by atoms with Crippen molar-refractivity contribution in [3.05, 3.63) is 65.0 Å². The van der Waals surface area contributed by atoms with Gasteiger partial charge in [0.25, 0.3) is 0 Å². The van der Waals surface area contributed by atoms with E-state index in [0.29, 0.717) is 0 Å². The number of nitrogens with one attached hydrogen (secondary N) is 1. The summed E-state index contributed by atoms with van der Waals surface area (Å²) in [6, 6.07) is 14.3. The summed E-state index contributed by atoms with van der Waals surface area (Å²) < 4.78 is 13.9. The highest BCUT2D eigenvalue weighted by Crippen LogP contribution is 2.38. The fourth-order valence-electron chi connectivity index (χ4n) is 3.02. The van der Waals surface area contributed by atoms with E-state index in [4.69, 9.17) is 0 Å². The molecule has 0 radical (unpaired) electrons. The minimum atomic E-state index is -0.0902. The number of thioether (sulfide) groups is 1. The molecule has 0 aromatic heterocycles. The first-order chi connectivity index (χ1) is 10.2. The summed E-state index contributed by atoms with van der Waals surface area (Å²) >= 11 is 1.63. The van der Waals surface area contributed by atoms with E-state index in [1.54, 1.807) is 17.8 Å². The van der Waals surface area contributed by atoms with E-state index in [0.717, 1.165) is 22.6 Å². The molecular weight excluding hydrogens is 281 g/mol. The van der Waals surface area contributed by atoms with Crippen molar-refractivity contribution in [2.45, 2.75) is 37.2 Å². The van der Waals surface area contributed by atoms with Crippen LogP contribution in [0, 0.1) is 12.7 Å². The van der Waals surface area contributed by atoms with E-state index in [1.807, 2.05) is 12.1 Å². The number of benzene rings is 2. The zero-order valence-corrected chi connectivity index (χ0v) is 13.2. The Bertz CT molecular complexity index is 641. The summed E-state index contributed by atoms with van der Waals surface area (Å²) in [7, 11) is 0. The second-order valence-electron chi connectivity index (χ2n) is 5.59. The van der Waals surface area contributed by atoms with Crippen LogP contribution in [0.15, 0.2) is 47.4 Å². The van der Waals surface area contributed by atoms with Crippen LogP contribution in [0.4, 0.5) is 4.39 Å². The van der Waals surface area contributed by atoms with Gasteiger partial charge in [0.2, 0.25) is 0 Å². The lowest BCUT2D eigenvalue weighted by molar-refractivity contribution is 0.443. The van der Waals surface area contributed by atoms with Gasteiger partial charge in [0.15, 0.2) is 0 Å². The van der Waals surface area contributed by atoms with Crippen LogP contribution in [0.25, 0.3) is 0 Å². The molecule has 0 saturated heterocycles. The standard InChI is InChI=1S/C18H20FNS/c1-12-6-3-4-7-14(12)13(2)20-17-10-11-21-18-15(17)8-5-9-16(18)19/h3-9,13,17,20H,10-11H2,1-2H3/t13-,17?/m1/s1. The lowest BCUT2D eigenvalue weighted by Crippen LogP contribution is -2.28. The number of aryl methyl sites for hydroxylation is 1. The smallest absolute Gasteiger partial charge is 0.137 e. The molecule has 1 N–H and O–H groups in total. The summed E-state index contributed by atoms with van der Waals surface area (Å²) in [5.74, 6) is 0.874. The largest absolute Gasteiger partial charge is 0.303 e. The highest BCUT2D eigenvalue weighted by molar-refractivity contribution is 7.99. The van der Waals surface area contributed by atoms with Crippen molar-refractivity contribution >= 4 is 11.8 Å². The molecule has 0 fully saturated rings. The number of fused-ring (bicyclic) bond motifs is 1. The Labute approximate surface area is 130 Å². The Hall–Kier alpha value is -1.32. The summed E-state index contributed by atoms with van der Waals surface area (Å²) in [5, 5.41) is 3.68. The minimum Gasteiger partial charge on any atom is -0.303 e. The predicted molar refractivity (Wildman–Crippen MR) is 87.2 cm³/mol. The second kappa shape index (κ2) is 6.20. The van der Waals surface area contributed by atoms with Crippen LogP contribution in [-0.4, -0.2) is 5.75 Å². The molecule has 0 spiro atoms. The van der Waals surface area contributed by atoms with Crippen LogP contribution in [0.3, 0.4) is 0 Å². The molecule has 1 unspecified atom stereocenters. The Morgan fingerprint density at radius 3 is 2.81 bits per heavy atom. The molecule has 1 aliphatic heterocycles. The van der Waals surface area contributed by atoms with Crippen LogP contribution >= 0.6 is 11.8 Å². The highest BCUT2D eigenvalue weighted by atomic mass is 32.2. The first kappa shape index (κ1) is 14.6. The topological polar surface area (TPSA) is 12.0 Å². The number of hydrogen-bond donors (Lipinski definition) is 1. The van der Waals surface area contributed by atoms with Crippen molar-refractivity contribution in [2.75, 3.05) is 5.75 Å². The average molecular weight is 301 g/mol. The summed E-state index contributed by atoms with van der Waals surface area (Å²) in [6.07, 6.45) is 1.04. The first-order valence-electron chi connectivity index (χ1n) is 7.39. The van der Waals surface area contributed by atoms with E-state index in [2.05, 4.69) is 43.4 Å². The van der Waals surface area contributed by atoms with Crippen molar-refractivity contribution < 1.29 is 4.39 Å². The average Bonchev–Trinajstić information content (AvgIpc) is 2.49. The SMILES string of the molecule is Cc1ccccc1[C@@H](C)NC1CCSc2c(F)cccc21. The van der Waals surface area contributed by atoms with Gasteiger partial charge in [0, 0.05) is 17.0 Å². The van der Waals surface area contributed by atoms with Gasteiger partial charge in [-0.25, -0.2) is 4.39 Å². The number of rotatable bonds is 3. The van der Waals surface area contributed by atoms with Crippen LogP contribution in [-0.2, 0) is 0 Å². The van der Waals surface area contributed by atoms with Gasteiger partial charge >= 0.3 is 0 Å². The van der Waals surface area contributed by atoms with Crippen molar-refractivity contribution in [3.63, 3.8) is 0 Å². The molecule has 1 nitrogen and oxygen atoms in total. The monoisotopic (exact) mass is 301 g/mol. The van der Waals surface area contributed by atoms with Crippen molar-refractivity contribution in [2.24, 2.45) is 0 Å². The Balaban J connectivity index is 1.84. The zero-order chi connectivity index (χ0) is 14.8. The lowest BCUT2D eigenvalue weighted by atomic mass is 9.98. The molecular formula is C18H20FNS. The maximum Gasteiger partial charge on any atom is 0.137 e. The third-order valence-corrected chi connectivity index (χ3v) is 5.29. The van der Waals surface area contributed by atoms with Crippen molar-refractivity contribution in [3.8, 4) is 0 Å². The van der Waals surface area contributed by atoms with E-state index in [-0.39, 0.29) is 17.9 Å². The normalized spacial score (nSPS) is 19.1. The molecule has 110 valence electrons. The third kappa shape index (κ3) is 2.99. The molecule has 2 atom stereocenters. The molecule has 0 saturated carbocycles. The fraction of sp³-hybridized carbons (Fsp3) is 0.333. The first-order valence-corrected chi connectivity index (χ1v) is 8.38. The van der Waals surface area contributed by atoms with Crippen LogP contribution in [0.5, 0.6) is 0 Å². The summed E-state index contributed by atoms with van der Waals surface area (Å²) in [6.45, 7) is 4.32. The highest BCUT2D eigenvalue weighted by Gasteiger charge is 2.24. The van der Waals surface area contributed by atoms with E-state index >= 15 is 0 Å². The van der Waals surface area contributed by atoms with Crippen LogP contribution in [0.1, 0.15) is 42.1 Å². The van der Waals surface area contributed by atoms with Gasteiger partial charge in [-0.15, -0.1) is 11.8 Å². The minimum absolute atomic E-state index is 0.0902. The van der Waals surface area contributed by atoms with Crippen LogP contribution < -0.4 is 5.32 Å². The van der Waals surface area contributed by atoms with E-state index < -0.39 is 0 Å². The van der Waals surface area contributed by atoms with E-state index in [1.165, 1.54) is 11.1 Å². The van der Waals surface area contributed by atoms with Gasteiger partial charge < -0.3 is 5.32 Å². The molecule has 21 heavy (non-hydrogen) atoms. The van der Waals surface area contributed by atoms with Gasteiger partial charge in [-0.3, -0.25) is 0 Å².